The minimum Gasteiger partial charge on any atom is -0.341 e. The monoisotopic (exact) mass is 247 g/mol. The van der Waals surface area contributed by atoms with Crippen molar-refractivity contribution in [2.45, 2.75) is 32.4 Å². The van der Waals surface area contributed by atoms with E-state index in [4.69, 9.17) is 0 Å². The van der Waals surface area contributed by atoms with E-state index in [0.717, 1.165) is 12.7 Å². The highest BCUT2D eigenvalue weighted by atomic mass is 32.2. The first kappa shape index (κ1) is 13.5. The number of sulfone groups is 1. The van der Waals surface area contributed by atoms with Crippen molar-refractivity contribution in [1.29, 1.82) is 0 Å². The third-order valence-electron chi connectivity index (χ3n) is 3.17. The number of piperidine rings is 1. The first-order valence-electron chi connectivity index (χ1n) is 5.69. The predicted octanol–water partition coefficient (Wildman–Crippen LogP) is 0.924. The summed E-state index contributed by atoms with van der Waals surface area (Å²) in [5.41, 5.74) is 0. The van der Waals surface area contributed by atoms with Crippen LogP contribution in [0.5, 0.6) is 0 Å². The van der Waals surface area contributed by atoms with Crippen molar-refractivity contribution in [3.63, 3.8) is 0 Å². The van der Waals surface area contributed by atoms with Crippen LogP contribution in [0, 0.1) is 11.8 Å². The van der Waals surface area contributed by atoms with Gasteiger partial charge in [-0.25, -0.2) is 8.42 Å². The lowest BCUT2D eigenvalue weighted by atomic mass is 9.92. The Morgan fingerprint density at radius 2 is 1.69 bits per heavy atom. The quantitative estimate of drug-likeness (QED) is 0.729. The Hall–Kier alpha value is -0.580. The molecule has 0 aromatic rings. The second kappa shape index (κ2) is 4.73. The van der Waals surface area contributed by atoms with E-state index in [2.05, 4.69) is 13.8 Å². The Kier molecular flexibility index (Phi) is 3.99. The second-order valence-electron chi connectivity index (χ2n) is 5.16. The van der Waals surface area contributed by atoms with Crippen molar-refractivity contribution >= 4 is 15.7 Å². The zero-order valence-electron chi connectivity index (χ0n) is 10.4. The molecule has 16 heavy (non-hydrogen) atoms. The fraction of sp³-hybridized carbons (Fsp3) is 0.909. The standard InChI is InChI=1S/C11H21NO3S/c1-8-5-9(2)7-12(6-8)11(13)10(3)16(4,14)15/h8-10H,5-7H2,1-4H3/t8-,9+,10-/m1/s1. The van der Waals surface area contributed by atoms with Gasteiger partial charge in [-0.2, -0.15) is 0 Å². The van der Waals surface area contributed by atoms with Gasteiger partial charge in [-0.15, -0.1) is 0 Å². The third kappa shape index (κ3) is 3.20. The van der Waals surface area contributed by atoms with Crippen LogP contribution >= 0.6 is 0 Å². The second-order valence-corrected chi connectivity index (χ2v) is 7.53. The largest absolute Gasteiger partial charge is 0.341 e. The number of hydrogen-bond donors (Lipinski definition) is 0. The Morgan fingerprint density at radius 3 is 2.06 bits per heavy atom. The molecule has 0 unspecified atom stereocenters. The maximum atomic E-state index is 12.0. The Bertz CT molecular complexity index is 353. The van der Waals surface area contributed by atoms with Crippen LogP contribution in [-0.2, 0) is 14.6 Å². The van der Waals surface area contributed by atoms with Gasteiger partial charge >= 0.3 is 0 Å². The lowest BCUT2D eigenvalue weighted by Gasteiger charge is -2.36. The molecule has 4 nitrogen and oxygen atoms in total. The maximum Gasteiger partial charge on any atom is 0.240 e. The van der Waals surface area contributed by atoms with Crippen LogP contribution in [0.3, 0.4) is 0 Å². The topological polar surface area (TPSA) is 54.5 Å². The van der Waals surface area contributed by atoms with Gasteiger partial charge in [0.05, 0.1) is 0 Å². The van der Waals surface area contributed by atoms with Crippen LogP contribution in [0.25, 0.3) is 0 Å². The molecular weight excluding hydrogens is 226 g/mol. The molecule has 0 bridgehead atoms. The van der Waals surface area contributed by atoms with Crippen LogP contribution in [0.15, 0.2) is 0 Å². The molecule has 0 aromatic carbocycles. The zero-order valence-corrected chi connectivity index (χ0v) is 11.3. The summed E-state index contributed by atoms with van der Waals surface area (Å²) in [5, 5.41) is -0.912. The first-order valence-corrected chi connectivity index (χ1v) is 7.65. The SMILES string of the molecule is C[C@@H]1C[C@H](C)CN(C(=O)[C@@H](C)S(C)(=O)=O)C1. The summed E-state index contributed by atoms with van der Waals surface area (Å²) < 4.78 is 22.7. The molecule has 1 fully saturated rings. The lowest BCUT2D eigenvalue weighted by Crippen LogP contribution is -2.48. The highest BCUT2D eigenvalue weighted by molar-refractivity contribution is 7.92. The van der Waals surface area contributed by atoms with Crippen molar-refractivity contribution in [1.82, 2.24) is 4.90 Å². The summed E-state index contributed by atoms with van der Waals surface area (Å²) in [6, 6.07) is 0. The summed E-state index contributed by atoms with van der Waals surface area (Å²) in [7, 11) is -3.28. The van der Waals surface area contributed by atoms with Gasteiger partial charge in [-0.1, -0.05) is 13.8 Å². The van der Waals surface area contributed by atoms with Gasteiger partial charge in [0.15, 0.2) is 9.84 Å². The van der Waals surface area contributed by atoms with Gasteiger partial charge in [0.25, 0.3) is 0 Å². The minimum atomic E-state index is -3.28. The average Bonchev–Trinajstić information content (AvgIpc) is 2.12. The lowest BCUT2D eigenvalue weighted by molar-refractivity contribution is -0.133. The Balaban J connectivity index is 2.74. The van der Waals surface area contributed by atoms with Gasteiger partial charge in [0.1, 0.15) is 5.25 Å². The number of likely N-dealkylation sites (tertiary alicyclic amines) is 1. The number of nitrogens with zero attached hydrogens (tertiary/aromatic N) is 1. The third-order valence-corrected chi connectivity index (χ3v) is 4.66. The zero-order chi connectivity index (χ0) is 12.5. The van der Waals surface area contributed by atoms with E-state index in [9.17, 15) is 13.2 Å². The molecule has 1 saturated heterocycles. The van der Waals surface area contributed by atoms with Crippen LogP contribution in [0.1, 0.15) is 27.2 Å². The molecule has 5 heteroatoms. The van der Waals surface area contributed by atoms with Crippen molar-refractivity contribution in [3.8, 4) is 0 Å². The van der Waals surface area contributed by atoms with Crippen LogP contribution in [0.4, 0.5) is 0 Å². The fourth-order valence-electron chi connectivity index (χ4n) is 2.28. The number of rotatable bonds is 2. The predicted molar refractivity (Wildman–Crippen MR) is 63.8 cm³/mol. The highest BCUT2D eigenvalue weighted by Crippen LogP contribution is 2.22. The van der Waals surface area contributed by atoms with Crippen molar-refractivity contribution in [3.05, 3.63) is 0 Å². The number of hydrogen-bond acceptors (Lipinski definition) is 3. The van der Waals surface area contributed by atoms with E-state index in [1.54, 1.807) is 4.90 Å². The van der Waals surface area contributed by atoms with E-state index in [-0.39, 0.29) is 5.91 Å². The summed E-state index contributed by atoms with van der Waals surface area (Å²) in [6.45, 7) is 7.04. The highest BCUT2D eigenvalue weighted by Gasteiger charge is 2.32. The average molecular weight is 247 g/mol. The molecule has 0 spiro atoms. The number of carbonyl (C=O) groups excluding carboxylic acids is 1. The normalized spacial score (nSPS) is 28.9. The molecular formula is C11H21NO3S. The van der Waals surface area contributed by atoms with Gasteiger partial charge in [-0.05, 0) is 25.2 Å². The molecule has 1 rings (SSSR count). The van der Waals surface area contributed by atoms with Crippen LogP contribution in [-0.4, -0.2) is 43.8 Å². The smallest absolute Gasteiger partial charge is 0.240 e. The van der Waals surface area contributed by atoms with Gasteiger partial charge in [0, 0.05) is 19.3 Å². The number of amides is 1. The molecule has 94 valence electrons. The van der Waals surface area contributed by atoms with E-state index < -0.39 is 15.1 Å². The Morgan fingerprint density at radius 1 is 1.25 bits per heavy atom. The van der Waals surface area contributed by atoms with Crippen LogP contribution < -0.4 is 0 Å². The van der Waals surface area contributed by atoms with Crippen molar-refractivity contribution in [2.24, 2.45) is 11.8 Å². The van der Waals surface area contributed by atoms with E-state index >= 15 is 0 Å². The van der Waals surface area contributed by atoms with Crippen LogP contribution in [0.2, 0.25) is 0 Å². The summed E-state index contributed by atoms with van der Waals surface area (Å²) >= 11 is 0. The molecule has 1 heterocycles. The van der Waals surface area contributed by atoms with Crippen molar-refractivity contribution in [2.75, 3.05) is 19.3 Å². The molecule has 1 amide bonds. The molecule has 0 saturated carbocycles. The molecule has 0 N–H and O–H groups in total. The van der Waals surface area contributed by atoms with Gasteiger partial charge in [-0.3, -0.25) is 4.79 Å². The molecule has 0 radical (unpaired) electrons. The maximum absolute atomic E-state index is 12.0. The van der Waals surface area contributed by atoms with Crippen molar-refractivity contribution < 1.29 is 13.2 Å². The molecule has 3 atom stereocenters. The van der Waals surface area contributed by atoms with Gasteiger partial charge < -0.3 is 4.90 Å². The molecule has 1 aliphatic heterocycles. The van der Waals surface area contributed by atoms with Gasteiger partial charge in [0.2, 0.25) is 5.91 Å². The Labute approximate surface area is 97.9 Å². The molecule has 0 aromatic heterocycles. The molecule has 1 aliphatic rings. The molecule has 0 aliphatic carbocycles. The van der Waals surface area contributed by atoms with E-state index in [1.165, 1.54) is 6.92 Å². The van der Waals surface area contributed by atoms with E-state index in [1.807, 2.05) is 0 Å². The van der Waals surface area contributed by atoms with E-state index in [0.29, 0.717) is 24.9 Å². The first-order chi connectivity index (χ1) is 7.21. The summed E-state index contributed by atoms with van der Waals surface area (Å²) in [6.07, 6.45) is 2.23. The number of carbonyl (C=O) groups is 1. The summed E-state index contributed by atoms with van der Waals surface area (Å²) in [4.78, 5) is 13.7. The summed E-state index contributed by atoms with van der Waals surface area (Å²) in [5.74, 6) is 0.667. The fourth-order valence-corrected chi connectivity index (χ4v) is 2.80. The minimum absolute atomic E-state index is 0.249.